The first kappa shape index (κ1) is 48.4. The highest BCUT2D eigenvalue weighted by Crippen LogP contribution is 2.29. The maximum atomic E-state index is 12.2. The van der Waals surface area contributed by atoms with Crippen molar-refractivity contribution in [3.05, 3.63) is 0 Å². The molecule has 23 nitrogen and oxygen atoms in total. The summed E-state index contributed by atoms with van der Waals surface area (Å²) in [7, 11) is 0. The molecule has 23 heteroatoms. The van der Waals surface area contributed by atoms with Crippen LogP contribution in [0.2, 0.25) is 0 Å². The summed E-state index contributed by atoms with van der Waals surface area (Å²) in [6.45, 7) is 1.46. The monoisotopic (exact) mass is 801 g/mol. The number of nitrogens with two attached hydrogens (primary N) is 1. The lowest BCUT2D eigenvalue weighted by atomic mass is 9.97. The Morgan fingerprint density at radius 2 is 0.982 bits per heavy atom. The second kappa shape index (κ2) is 27.8. The summed E-state index contributed by atoms with van der Waals surface area (Å²) >= 11 is 0. The molecule has 0 aromatic carbocycles. The molecule has 0 aliphatic carbocycles. The van der Waals surface area contributed by atoms with Crippen LogP contribution in [-0.2, 0) is 52.3 Å². The molecule has 0 aromatic rings. The van der Waals surface area contributed by atoms with E-state index in [1.165, 1.54) is 0 Å². The lowest BCUT2D eigenvalue weighted by Gasteiger charge is -2.45. The molecular weight excluding hydrogens is 742 g/mol. The molecule has 0 unspecified atom stereocenters. The van der Waals surface area contributed by atoms with E-state index in [1.54, 1.807) is 0 Å². The summed E-state index contributed by atoms with van der Waals surface area (Å²) in [6, 6.07) is 0. The summed E-state index contributed by atoms with van der Waals surface area (Å²) in [5.74, 6) is 3.56. The molecule has 0 aromatic heterocycles. The molecule has 2 fully saturated rings. The Hall–Kier alpha value is -2.72. The van der Waals surface area contributed by atoms with E-state index in [9.17, 15) is 54.9 Å². The fourth-order valence-electron chi connectivity index (χ4n) is 5.20. The van der Waals surface area contributed by atoms with E-state index in [-0.39, 0.29) is 50.6 Å². The first-order valence-electron chi connectivity index (χ1n) is 18.2. The van der Waals surface area contributed by atoms with Gasteiger partial charge in [-0.1, -0.05) is 0 Å². The van der Waals surface area contributed by atoms with E-state index >= 15 is 0 Å². The van der Waals surface area contributed by atoms with E-state index in [2.05, 4.69) is 16.0 Å². The van der Waals surface area contributed by atoms with Gasteiger partial charge in [0.2, 0.25) is 23.6 Å². The third-order valence-electron chi connectivity index (χ3n) is 8.31. The van der Waals surface area contributed by atoms with E-state index in [4.69, 9.17) is 39.0 Å². The second-order valence-corrected chi connectivity index (χ2v) is 12.5. The van der Waals surface area contributed by atoms with Crippen LogP contribution in [0.25, 0.3) is 0 Å². The van der Waals surface area contributed by atoms with Crippen molar-refractivity contribution in [2.24, 2.45) is 5.84 Å². The summed E-state index contributed by atoms with van der Waals surface area (Å²) in [5, 5.41) is 78.4. The maximum absolute atomic E-state index is 12.2. The van der Waals surface area contributed by atoms with Gasteiger partial charge < -0.3 is 84.9 Å². The van der Waals surface area contributed by atoms with Gasteiger partial charge >= 0.3 is 0 Å². The SMILES string of the molecule is NNC(=O)CCC(=O)NCCCOCCOCCOCCCNC(=O)CCC(=O)NCCO[C@@H]1O[C@H](CO)[C@@H](O[C@@H]2O[C@H](CO)[C@H](O)[C@H](O)[C@H]2O)[C@H](O)[C@H]1O. The highest BCUT2D eigenvalue weighted by Gasteiger charge is 2.50. The molecular formula is C32H59N5O18. The number of hydrazine groups is 1. The Balaban J connectivity index is 1.45. The quantitative estimate of drug-likeness (QED) is 0.0151. The smallest absolute Gasteiger partial charge is 0.234 e. The van der Waals surface area contributed by atoms with Crippen molar-refractivity contribution in [3.63, 3.8) is 0 Å². The summed E-state index contributed by atoms with van der Waals surface area (Å²) in [4.78, 5) is 46.8. The number of carbonyl (C=O) groups is 4. The summed E-state index contributed by atoms with van der Waals surface area (Å²) in [5.41, 5.74) is 1.96. The minimum atomic E-state index is -1.79. The van der Waals surface area contributed by atoms with Crippen molar-refractivity contribution in [2.75, 3.05) is 79.1 Å². The molecule has 2 rings (SSSR count). The van der Waals surface area contributed by atoms with Crippen molar-refractivity contribution in [1.82, 2.24) is 21.4 Å². The number of aliphatic hydroxyl groups excluding tert-OH is 7. The molecule has 2 heterocycles. The number of rotatable bonds is 28. The highest BCUT2D eigenvalue weighted by molar-refractivity contribution is 5.84. The van der Waals surface area contributed by atoms with Crippen LogP contribution >= 0.6 is 0 Å². The van der Waals surface area contributed by atoms with E-state index in [0.29, 0.717) is 65.6 Å². The predicted molar refractivity (Wildman–Crippen MR) is 184 cm³/mol. The Labute approximate surface area is 318 Å². The normalized spacial score (nSPS) is 28.0. The average Bonchev–Trinajstić information content (AvgIpc) is 3.18. The van der Waals surface area contributed by atoms with Gasteiger partial charge in [-0.25, -0.2) is 5.84 Å². The van der Waals surface area contributed by atoms with Gasteiger partial charge in [-0.2, -0.15) is 0 Å². The topological polar surface area (TPSA) is 349 Å². The number of hydrogen-bond donors (Lipinski definition) is 12. The van der Waals surface area contributed by atoms with Gasteiger partial charge in [0.1, 0.15) is 48.8 Å². The van der Waals surface area contributed by atoms with Crippen molar-refractivity contribution in [2.45, 2.75) is 99.9 Å². The largest absolute Gasteiger partial charge is 0.394 e. The zero-order valence-electron chi connectivity index (χ0n) is 30.7. The summed E-state index contributed by atoms with van der Waals surface area (Å²) in [6.07, 6.45) is -14.7. The van der Waals surface area contributed by atoms with Crippen LogP contribution in [-0.4, -0.2) is 200 Å². The number of ether oxygens (including phenoxy) is 7. The first-order valence-corrected chi connectivity index (χ1v) is 18.2. The molecule has 2 saturated heterocycles. The zero-order chi connectivity index (χ0) is 40.6. The van der Waals surface area contributed by atoms with Crippen molar-refractivity contribution in [1.29, 1.82) is 0 Å². The molecule has 0 bridgehead atoms. The van der Waals surface area contributed by atoms with Crippen molar-refractivity contribution in [3.8, 4) is 0 Å². The highest BCUT2D eigenvalue weighted by atomic mass is 16.7. The molecule has 13 N–H and O–H groups in total. The number of hydrogen-bond acceptors (Lipinski definition) is 19. The number of aliphatic hydroxyl groups is 7. The van der Waals surface area contributed by atoms with E-state index in [1.807, 2.05) is 5.43 Å². The maximum Gasteiger partial charge on any atom is 0.234 e. The van der Waals surface area contributed by atoms with Gasteiger partial charge in [-0.15, -0.1) is 0 Å². The Morgan fingerprint density at radius 3 is 1.49 bits per heavy atom. The number of nitrogens with one attached hydrogen (secondary N) is 4. The van der Waals surface area contributed by atoms with E-state index < -0.39 is 86.4 Å². The van der Waals surface area contributed by atoms with Crippen LogP contribution in [0.5, 0.6) is 0 Å². The third-order valence-corrected chi connectivity index (χ3v) is 8.31. The van der Waals surface area contributed by atoms with Crippen LogP contribution in [0.1, 0.15) is 38.5 Å². The molecule has 0 spiro atoms. The minimum absolute atomic E-state index is 0.0300. The van der Waals surface area contributed by atoms with E-state index in [0.717, 1.165) is 0 Å². The van der Waals surface area contributed by atoms with Crippen LogP contribution in [0, 0.1) is 0 Å². The molecule has 55 heavy (non-hydrogen) atoms. The zero-order valence-corrected chi connectivity index (χ0v) is 30.7. The Bertz CT molecular complexity index is 1110. The third kappa shape index (κ3) is 18.4. The van der Waals surface area contributed by atoms with Gasteiger partial charge in [0.15, 0.2) is 12.6 Å². The van der Waals surface area contributed by atoms with Crippen LogP contribution in [0.15, 0.2) is 0 Å². The number of amides is 4. The molecule has 2 aliphatic heterocycles. The fraction of sp³-hybridized carbons (Fsp3) is 0.875. The second-order valence-electron chi connectivity index (χ2n) is 12.5. The molecule has 4 amide bonds. The Kier molecular flexibility index (Phi) is 24.5. The van der Waals surface area contributed by atoms with Crippen molar-refractivity contribution >= 4 is 23.6 Å². The fourth-order valence-corrected chi connectivity index (χ4v) is 5.20. The van der Waals surface area contributed by atoms with Gasteiger partial charge in [0.05, 0.1) is 46.2 Å². The molecule has 320 valence electrons. The van der Waals surface area contributed by atoms with Gasteiger partial charge in [-0.05, 0) is 12.8 Å². The number of carbonyl (C=O) groups excluding carboxylic acids is 4. The van der Waals surface area contributed by atoms with Crippen LogP contribution < -0.4 is 27.2 Å². The standard InChI is InChI=1S/C32H59N5O18/c33-37-24(43)6-5-22(41)35-8-2-11-50-14-16-51-15-13-49-10-1-7-34-21(40)3-4-23(42)36-9-12-52-31-29(48)27(46)30(20(18-39)54-31)55-32-28(47)26(45)25(44)19(17-38)53-32/h19-20,25-32,38-39,44-48H,1-18,33H2,(H,34,40)(H,35,41)(H,36,42)(H,37,43)/t19-,20-,25+,26+,27-,28-,29-,30-,31-,32+/m1/s1. The average molecular weight is 802 g/mol. The molecule has 0 saturated carbocycles. The van der Waals surface area contributed by atoms with Gasteiger partial charge in [-0.3, -0.25) is 24.6 Å². The predicted octanol–water partition coefficient (Wildman–Crippen LogP) is -6.64. The van der Waals surface area contributed by atoms with Crippen molar-refractivity contribution < 1.29 is 88.1 Å². The van der Waals surface area contributed by atoms with Gasteiger partial charge in [0.25, 0.3) is 0 Å². The lowest BCUT2D eigenvalue weighted by Crippen LogP contribution is -2.64. The molecule has 0 radical (unpaired) electrons. The Morgan fingerprint density at radius 1 is 0.527 bits per heavy atom. The lowest BCUT2D eigenvalue weighted by molar-refractivity contribution is -0.359. The van der Waals surface area contributed by atoms with Crippen LogP contribution in [0.3, 0.4) is 0 Å². The molecule has 10 atom stereocenters. The minimum Gasteiger partial charge on any atom is -0.394 e. The van der Waals surface area contributed by atoms with Gasteiger partial charge in [0, 0.05) is 58.5 Å². The molecule has 2 aliphatic rings. The summed E-state index contributed by atoms with van der Waals surface area (Å²) < 4.78 is 38.0. The van der Waals surface area contributed by atoms with Crippen LogP contribution in [0.4, 0.5) is 0 Å². The first-order chi connectivity index (χ1) is 26.4.